The normalized spacial score (nSPS) is 10.1. The first-order chi connectivity index (χ1) is 7.13. The van der Waals surface area contributed by atoms with Crippen LogP contribution in [-0.2, 0) is 12.8 Å². The standard InChI is InChI=1S/C12H17NO2/c1-4-8-6-9(5-2)11(15-3)7-10(8)12(13)14/h6-7H,4-5H2,1-3H3,(H2,13,14). The number of benzene rings is 1. The predicted molar refractivity (Wildman–Crippen MR) is 60.3 cm³/mol. The minimum absolute atomic E-state index is 0.396. The maximum Gasteiger partial charge on any atom is 0.249 e. The molecular weight excluding hydrogens is 190 g/mol. The zero-order chi connectivity index (χ0) is 11.4. The van der Waals surface area contributed by atoms with Crippen LogP contribution in [0.1, 0.15) is 35.3 Å². The molecule has 0 saturated heterocycles. The molecule has 0 fully saturated rings. The molecule has 3 heteroatoms. The summed E-state index contributed by atoms with van der Waals surface area (Å²) in [6, 6.07) is 3.74. The summed E-state index contributed by atoms with van der Waals surface area (Å²) in [5.41, 5.74) is 7.97. The highest BCUT2D eigenvalue weighted by atomic mass is 16.5. The highest BCUT2D eigenvalue weighted by Crippen LogP contribution is 2.24. The molecule has 1 amide bonds. The van der Waals surface area contributed by atoms with Crippen molar-refractivity contribution < 1.29 is 9.53 Å². The third-order valence-corrected chi connectivity index (χ3v) is 2.53. The van der Waals surface area contributed by atoms with Gasteiger partial charge in [-0.05, 0) is 30.0 Å². The molecule has 0 saturated carbocycles. The number of primary amides is 1. The van der Waals surface area contributed by atoms with Gasteiger partial charge in [0, 0.05) is 5.56 Å². The molecule has 0 radical (unpaired) electrons. The number of ether oxygens (including phenoxy) is 1. The Kier molecular flexibility index (Phi) is 3.72. The molecule has 0 aliphatic carbocycles. The lowest BCUT2D eigenvalue weighted by atomic mass is 9.99. The monoisotopic (exact) mass is 207 g/mol. The van der Waals surface area contributed by atoms with E-state index in [2.05, 4.69) is 6.92 Å². The first-order valence-corrected chi connectivity index (χ1v) is 5.13. The zero-order valence-electron chi connectivity index (χ0n) is 9.46. The van der Waals surface area contributed by atoms with E-state index in [0.717, 1.165) is 29.7 Å². The van der Waals surface area contributed by atoms with Gasteiger partial charge in [-0.25, -0.2) is 0 Å². The lowest BCUT2D eigenvalue weighted by Gasteiger charge is -2.11. The van der Waals surface area contributed by atoms with Crippen molar-refractivity contribution in [2.24, 2.45) is 5.73 Å². The molecule has 0 aromatic heterocycles. The molecule has 0 heterocycles. The van der Waals surface area contributed by atoms with Gasteiger partial charge in [-0.2, -0.15) is 0 Å². The number of nitrogens with two attached hydrogens (primary N) is 1. The minimum atomic E-state index is -0.396. The van der Waals surface area contributed by atoms with Crippen LogP contribution in [0.25, 0.3) is 0 Å². The molecule has 0 aliphatic heterocycles. The van der Waals surface area contributed by atoms with E-state index in [4.69, 9.17) is 10.5 Å². The van der Waals surface area contributed by atoms with Gasteiger partial charge in [-0.1, -0.05) is 19.9 Å². The van der Waals surface area contributed by atoms with Crippen LogP contribution in [0.3, 0.4) is 0 Å². The van der Waals surface area contributed by atoms with Gasteiger partial charge in [0.15, 0.2) is 0 Å². The van der Waals surface area contributed by atoms with Crippen molar-refractivity contribution >= 4 is 5.91 Å². The topological polar surface area (TPSA) is 52.3 Å². The Balaban J connectivity index is 3.34. The van der Waals surface area contributed by atoms with E-state index in [1.54, 1.807) is 13.2 Å². The maximum absolute atomic E-state index is 11.2. The molecule has 1 aromatic rings. The summed E-state index contributed by atoms with van der Waals surface area (Å²) in [5, 5.41) is 0. The van der Waals surface area contributed by atoms with Crippen LogP contribution >= 0.6 is 0 Å². The second-order valence-corrected chi connectivity index (χ2v) is 3.39. The van der Waals surface area contributed by atoms with E-state index in [-0.39, 0.29) is 0 Å². The number of hydrogen-bond donors (Lipinski definition) is 1. The first kappa shape index (κ1) is 11.6. The summed E-state index contributed by atoms with van der Waals surface area (Å²) >= 11 is 0. The smallest absolute Gasteiger partial charge is 0.249 e. The Morgan fingerprint density at radius 3 is 2.27 bits per heavy atom. The molecular formula is C12H17NO2. The summed E-state index contributed by atoms with van der Waals surface area (Å²) in [4.78, 5) is 11.2. The second-order valence-electron chi connectivity index (χ2n) is 3.39. The van der Waals surface area contributed by atoms with Crippen molar-refractivity contribution in [1.82, 2.24) is 0 Å². The van der Waals surface area contributed by atoms with Gasteiger partial charge >= 0.3 is 0 Å². The molecule has 0 atom stereocenters. The lowest BCUT2D eigenvalue weighted by Crippen LogP contribution is -2.14. The molecule has 1 aromatic carbocycles. The van der Waals surface area contributed by atoms with Crippen molar-refractivity contribution in [2.45, 2.75) is 26.7 Å². The summed E-state index contributed by atoms with van der Waals surface area (Å²) in [6.07, 6.45) is 1.69. The molecule has 3 nitrogen and oxygen atoms in total. The molecule has 2 N–H and O–H groups in total. The van der Waals surface area contributed by atoms with Crippen molar-refractivity contribution in [1.29, 1.82) is 0 Å². The van der Waals surface area contributed by atoms with E-state index in [0.29, 0.717) is 5.56 Å². The van der Waals surface area contributed by atoms with Crippen LogP contribution in [0, 0.1) is 0 Å². The number of aryl methyl sites for hydroxylation is 2. The molecule has 0 spiro atoms. The van der Waals surface area contributed by atoms with E-state index in [9.17, 15) is 4.79 Å². The number of carbonyl (C=O) groups excluding carboxylic acids is 1. The maximum atomic E-state index is 11.2. The number of rotatable bonds is 4. The van der Waals surface area contributed by atoms with Gasteiger partial charge in [0.1, 0.15) is 5.75 Å². The van der Waals surface area contributed by atoms with Crippen LogP contribution in [0.4, 0.5) is 0 Å². The fraction of sp³-hybridized carbons (Fsp3) is 0.417. The quantitative estimate of drug-likeness (QED) is 0.820. The summed E-state index contributed by atoms with van der Waals surface area (Å²) in [7, 11) is 1.60. The molecule has 0 bridgehead atoms. The van der Waals surface area contributed by atoms with E-state index < -0.39 is 5.91 Å². The van der Waals surface area contributed by atoms with E-state index in [1.165, 1.54) is 0 Å². The average Bonchev–Trinajstić information content (AvgIpc) is 2.26. The van der Waals surface area contributed by atoms with Gasteiger partial charge in [-0.15, -0.1) is 0 Å². The fourth-order valence-corrected chi connectivity index (χ4v) is 1.66. The van der Waals surface area contributed by atoms with Gasteiger partial charge in [-0.3, -0.25) is 4.79 Å². The number of hydrogen-bond acceptors (Lipinski definition) is 2. The molecule has 0 unspecified atom stereocenters. The second kappa shape index (κ2) is 4.82. The summed E-state index contributed by atoms with van der Waals surface area (Å²) in [6.45, 7) is 4.06. The number of carbonyl (C=O) groups is 1. The Morgan fingerprint density at radius 1 is 1.27 bits per heavy atom. The molecule has 15 heavy (non-hydrogen) atoms. The number of amides is 1. The van der Waals surface area contributed by atoms with Crippen LogP contribution < -0.4 is 10.5 Å². The number of methoxy groups -OCH3 is 1. The van der Waals surface area contributed by atoms with Crippen molar-refractivity contribution in [3.8, 4) is 5.75 Å². The van der Waals surface area contributed by atoms with Crippen LogP contribution in [0.5, 0.6) is 5.75 Å². The average molecular weight is 207 g/mol. The Hall–Kier alpha value is -1.51. The summed E-state index contributed by atoms with van der Waals surface area (Å²) < 4.78 is 5.22. The summed E-state index contributed by atoms with van der Waals surface area (Å²) in [5.74, 6) is 0.344. The largest absolute Gasteiger partial charge is 0.496 e. The van der Waals surface area contributed by atoms with Gasteiger partial charge in [0.25, 0.3) is 0 Å². The first-order valence-electron chi connectivity index (χ1n) is 5.13. The van der Waals surface area contributed by atoms with Crippen LogP contribution in [-0.4, -0.2) is 13.0 Å². The highest BCUT2D eigenvalue weighted by molar-refractivity contribution is 5.95. The van der Waals surface area contributed by atoms with Crippen molar-refractivity contribution in [3.05, 3.63) is 28.8 Å². The fourth-order valence-electron chi connectivity index (χ4n) is 1.66. The molecule has 0 aliphatic rings. The third-order valence-electron chi connectivity index (χ3n) is 2.53. The van der Waals surface area contributed by atoms with Gasteiger partial charge in [0.2, 0.25) is 5.91 Å². The lowest BCUT2D eigenvalue weighted by molar-refractivity contribution is 0.0999. The van der Waals surface area contributed by atoms with Crippen molar-refractivity contribution in [3.63, 3.8) is 0 Å². The zero-order valence-corrected chi connectivity index (χ0v) is 9.46. The van der Waals surface area contributed by atoms with E-state index >= 15 is 0 Å². The molecule has 82 valence electrons. The Labute approximate surface area is 90.2 Å². The van der Waals surface area contributed by atoms with Crippen molar-refractivity contribution in [2.75, 3.05) is 7.11 Å². The van der Waals surface area contributed by atoms with Crippen LogP contribution in [0.2, 0.25) is 0 Å². The van der Waals surface area contributed by atoms with E-state index in [1.807, 2.05) is 13.0 Å². The van der Waals surface area contributed by atoms with Gasteiger partial charge < -0.3 is 10.5 Å². The van der Waals surface area contributed by atoms with Crippen LogP contribution in [0.15, 0.2) is 12.1 Å². The molecule has 1 rings (SSSR count). The predicted octanol–water partition coefficient (Wildman–Crippen LogP) is 1.92. The minimum Gasteiger partial charge on any atom is -0.496 e. The SMILES string of the molecule is CCc1cc(CC)c(C(N)=O)cc1OC. The Morgan fingerprint density at radius 2 is 1.87 bits per heavy atom. The van der Waals surface area contributed by atoms with Gasteiger partial charge in [0.05, 0.1) is 7.11 Å². The highest BCUT2D eigenvalue weighted by Gasteiger charge is 2.11. The Bertz CT molecular complexity index is 372. The third kappa shape index (κ3) is 2.29.